The Labute approximate surface area is 120 Å². The molecule has 1 aromatic heterocycles. The molecule has 7 nitrogen and oxygen atoms in total. The van der Waals surface area contributed by atoms with E-state index in [4.69, 9.17) is 16.7 Å². The number of carboxylic acid groups (broad SMARTS) is 1. The van der Waals surface area contributed by atoms with Crippen molar-refractivity contribution in [3.05, 3.63) is 29.0 Å². The molecule has 2 amide bonds. The minimum Gasteiger partial charge on any atom is -0.465 e. The van der Waals surface area contributed by atoms with Crippen LogP contribution < -0.4 is 10.7 Å². The first-order valence-corrected chi connectivity index (χ1v) is 6.59. The molecule has 8 heteroatoms. The fraction of sp³-hybridized carbons (Fsp3) is 0.417. The number of carbonyl (C=O) groups excluding carboxylic acids is 1. The Morgan fingerprint density at radius 2 is 2.05 bits per heavy atom. The predicted octanol–water partition coefficient (Wildman–Crippen LogP) is 1.11. The van der Waals surface area contributed by atoms with E-state index in [0.717, 1.165) is 0 Å². The van der Waals surface area contributed by atoms with Crippen LogP contribution in [0, 0.1) is 0 Å². The molecule has 0 bridgehead atoms. The largest absolute Gasteiger partial charge is 0.465 e. The zero-order chi connectivity index (χ0) is 14.5. The van der Waals surface area contributed by atoms with Crippen molar-refractivity contribution in [1.29, 1.82) is 0 Å². The average Bonchev–Trinajstić information content (AvgIpc) is 2.41. The third-order valence-corrected chi connectivity index (χ3v) is 3.27. The molecule has 20 heavy (non-hydrogen) atoms. The molecule has 2 rings (SSSR count). The summed E-state index contributed by atoms with van der Waals surface area (Å²) in [5.41, 5.74) is 3.03. The van der Waals surface area contributed by atoms with Gasteiger partial charge in [-0.25, -0.2) is 14.8 Å². The van der Waals surface area contributed by atoms with Gasteiger partial charge in [-0.15, -0.1) is 0 Å². The van der Waals surface area contributed by atoms with Crippen LogP contribution in [0.15, 0.2) is 18.3 Å². The van der Waals surface area contributed by atoms with Gasteiger partial charge < -0.3 is 10.4 Å². The molecule has 2 heterocycles. The molecule has 0 spiro atoms. The van der Waals surface area contributed by atoms with Gasteiger partial charge in [-0.1, -0.05) is 11.6 Å². The maximum absolute atomic E-state index is 11.9. The molecule has 1 aliphatic rings. The van der Waals surface area contributed by atoms with E-state index in [2.05, 4.69) is 15.7 Å². The zero-order valence-corrected chi connectivity index (χ0v) is 11.4. The van der Waals surface area contributed by atoms with Gasteiger partial charge in [-0.2, -0.15) is 0 Å². The number of nitrogens with zero attached hydrogens (tertiary/aromatic N) is 2. The minimum absolute atomic E-state index is 0.0608. The first-order chi connectivity index (χ1) is 9.54. The van der Waals surface area contributed by atoms with Crippen molar-refractivity contribution in [1.82, 2.24) is 20.7 Å². The highest BCUT2D eigenvalue weighted by atomic mass is 35.5. The fourth-order valence-corrected chi connectivity index (χ4v) is 2.13. The number of pyridine rings is 1. The van der Waals surface area contributed by atoms with E-state index in [-0.39, 0.29) is 11.9 Å². The highest BCUT2D eigenvalue weighted by Gasteiger charge is 2.22. The number of hydrogen-bond acceptors (Lipinski definition) is 4. The van der Waals surface area contributed by atoms with Gasteiger partial charge in [0.25, 0.3) is 5.91 Å². The number of carbonyl (C=O) groups is 2. The van der Waals surface area contributed by atoms with Gasteiger partial charge in [0.1, 0.15) is 5.69 Å². The minimum atomic E-state index is -1.02. The molecule has 1 saturated heterocycles. The Morgan fingerprint density at radius 3 is 2.60 bits per heavy atom. The van der Waals surface area contributed by atoms with Crippen LogP contribution in [-0.4, -0.2) is 46.2 Å². The molecule has 0 atom stereocenters. The van der Waals surface area contributed by atoms with Crippen molar-refractivity contribution < 1.29 is 14.7 Å². The molecule has 1 fully saturated rings. The Balaban J connectivity index is 1.82. The van der Waals surface area contributed by atoms with Gasteiger partial charge in [-0.05, 0) is 25.0 Å². The van der Waals surface area contributed by atoms with Gasteiger partial charge in [-0.3, -0.25) is 10.2 Å². The van der Waals surface area contributed by atoms with Gasteiger partial charge in [0, 0.05) is 25.3 Å². The molecule has 0 aliphatic carbocycles. The van der Waals surface area contributed by atoms with Crippen LogP contribution in [0.5, 0.6) is 0 Å². The van der Waals surface area contributed by atoms with Crippen molar-refractivity contribution in [2.75, 3.05) is 13.1 Å². The number of aromatic nitrogens is 1. The number of hydrazine groups is 1. The van der Waals surface area contributed by atoms with Crippen molar-refractivity contribution in [3.63, 3.8) is 0 Å². The highest BCUT2D eigenvalue weighted by molar-refractivity contribution is 6.30. The Kier molecular flexibility index (Phi) is 4.75. The summed E-state index contributed by atoms with van der Waals surface area (Å²) in [6, 6.07) is 3.09. The molecule has 0 aromatic carbocycles. The second kappa shape index (κ2) is 6.53. The van der Waals surface area contributed by atoms with E-state index in [9.17, 15) is 9.59 Å². The van der Waals surface area contributed by atoms with Crippen LogP contribution in [-0.2, 0) is 0 Å². The normalized spacial score (nSPS) is 16.6. The quantitative estimate of drug-likeness (QED) is 0.777. The van der Waals surface area contributed by atoms with Crippen molar-refractivity contribution in [3.8, 4) is 0 Å². The zero-order valence-electron chi connectivity index (χ0n) is 10.7. The van der Waals surface area contributed by atoms with Crippen LogP contribution in [0.2, 0.25) is 5.02 Å². The Morgan fingerprint density at radius 1 is 1.35 bits per heavy atom. The van der Waals surface area contributed by atoms with E-state index in [1.165, 1.54) is 6.20 Å². The first kappa shape index (κ1) is 14.5. The summed E-state index contributed by atoms with van der Waals surface area (Å²) in [7, 11) is 0. The fourth-order valence-electron chi connectivity index (χ4n) is 2.02. The number of piperidine rings is 1. The van der Waals surface area contributed by atoms with Crippen molar-refractivity contribution in [2.45, 2.75) is 18.9 Å². The standard InChI is InChI=1S/C12H15ClN4O3/c13-8-1-2-10(14-7-8)11(18)16-17-5-3-9(4-6-17)15-12(19)20/h1-2,7,9,15H,3-6H2,(H,16,18)(H,19,20). The number of halogens is 1. The van der Waals surface area contributed by atoms with Gasteiger partial charge in [0.05, 0.1) is 5.02 Å². The van der Waals surface area contributed by atoms with Crippen LogP contribution in [0.25, 0.3) is 0 Å². The molecule has 0 radical (unpaired) electrons. The molecule has 1 aliphatic heterocycles. The summed E-state index contributed by atoms with van der Waals surface area (Å²) < 4.78 is 0. The monoisotopic (exact) mass is 298 g/mol. The number of amides is 2. The SMILES string of the molecule is O=C(O)NC1CCN(NC(=O)c2ccc(Cl)cn2)CC1. The second-order valence-electron chi connectivity index (χ2n) is 4.51. The number of nitrogens with one attached hydrogen (secondary N) is 2. The molecular weight excluding hydrogens is 284 g/mol. The molecular formula is C12H15ClN4O3. The summed E-state index contributed by atoms with van der Waals surface area (Å²) in [6.45, 7) is 1.18. The molecule has 0 saturated carbocycles. The van der Waals surface area contributed by atoms with Crippen LogP contribution in [0.1, 0.15) is 23.3 Å². The molecule has 0 unspecified atom stereocenters. The van der Waals surface area contributed by atoms with Crippen molar-refractivity contribution in [2.24, 2.45) is 0 Å². The molecule has 3 N–H and O–H groups in total. The maximum Gasteiger partial charge on any atom is 0.404 e. The number of hydrogen-bond donors (Lipinski definition) is 3. The average molecular weight is 299 g/mol. The number of rotatable bonds is 3. The van der Waals surface area contributed by atoms with E-state index in [1.54, 1.807) is 17.1 Å². The van der Waals surface area contributed by atoms with Crippen LogP contribution >= 0.6 is 11.6 Å². The van der Waals surface area contributed by atoms with Gasteiger partial charge in [0.15, 0.2) is 0 Å². The summed E-state index contributed by atoms with van der Waals surface area (Å²) in [4.78, 5) is 26.4. The molecule has 1 aromatic rings. The topological polar surface area (TPSA) is 94.6 Å². The predicted molar refractivity (Wildman–Crippen MR) is 72.5 cm³/mol. The highest BCUT2D eigenvalue weighted by Crippen LogP contribution is 2.10. The summed E-state index contributed by atoms with van der Waals surface area (Å²) in [6.07, 6.45) is 1.71. The van der Waals surface area contributed by atoms with E-state index >= 15 is 0 Å². The van der Waals surface area contributed by atoms with Crippen molar-refractivity contribution >= 4 is 23.6 Å². The van der Waals surface area contributed by atoms with E-state index in [1.807, 2.05) is 0 Å². The van der Waals surface area contributed by atoms with Crippen LogP contribution in [0.4, 0.5) is 4.79 Å². The lowest BCUT2D eigenvalue weighted by Crippen LogP contribution is -2.51. The maximum atomic E-state index is 11.9. The third-order valence-electron chi connectivity index (χ3n) is 3.04. The first-order valence-electron chi connectivity index (χ1n) is 6.21. The summed E-state index contributed by atoms with van der Waals surface area (Å²) in [5.74, 6) is -0.300. The second-order valence-corrected chi connectivity index (χ2v) is 4.95. The van der Waals surface area contributed by atoms with Gasteiger partial charge in [0.2, 0.25) is 0 Å². The molecule has 108 valence electrons. The lowest BCUT2D eigenvalue weighted by molar-refractivity contribution is 0.0715. The third kappa shape index (κ3) is 4.07. The van der Waals surface area contributed by atoms with E-state index in [0.29, 0.717) is 36.6 Å². The van der Waals surface area contributed by atoms with Gasteiger partial charge >= 0.3 is 6.09 Å². The summed E-state index contributed by atoms with van der Waals surface area (Å²) >= 11 is 5.71. The lowest BCUT2D eigenvalue weighted by atomic mass is 10.1. The lowest BCUT2D eigenvalue weighted by Gasteiger charge is -2.31. The smallest absolute Gasteiger partial charge is 0.404 e. The Hall–Kier alpha value is -1.86. The van der Waals surface area contributed by atoms with Crippen LogP contribution in [0.3, 0.4) is 0 Å². The van der Waals surface area contributed by atoms with E-state index < -0.39 is 6.09 Å². The summed E-state index contributed by atoms with van der Waals surface area (Å²) in [5, 5.41) is 13.3. The Bertz CT molecular complexity index is 486.